The zero-order valence-corrected chi connectivity index (χ0v) is 12.6. The van der Waals surface area contributed by atoms with Crippen molar-refractivity contribution in [2.45, 2.75) is 52.0 Å². The summed E-state index contributed by atoms with van der Waals surface area (Å²) in [4.78, 5) is 19.8. The van der Waals surface area contributed by atoms with Gasteiger partial charge in [-0.2, -0.15) is 0 Å². The molecule has 0 N–H and O–H groups in total. The van der Waals surface area contributed by atoms with Crippen LogP contribution in [0.3, 0.4) is 0 Å². The van der Waals surface area contributed by atoms with Gasteiger partial charge in [0.15, 0.2) is 0 Å². The second-order valence-corrected chi connectivity index (χ2v) is 6.35. The molecule has 2 aromatic heterocycles. The van der Waals surface area contributed by atoms with Crippen molar-refractivity contribution < 1.29 is 0 Å². The van der Waals surface area contributed by atoms with Crippen molar-refractivity contribution in [1.82, 2.24) is 9.55 Å². The predicted octanol–water partition coefficient (Wildman–Crippen LogP) is 2.92. The van der Waals surface area contributed by atoms with Gasteiger partial charge in [-0.3, -0.25) is 9.36 Å². The van der Waals surface area contributed by atoms with Gasteiger partial charge in [0.2, 0.25) is 0 Å². The highest BCUT2D eigenvalue weighted by Crippen LogP contribution is 2.33. The molecule has 0 saturated carbocycles. The fourth-order valence-electron chi connectivity index (χ4n) is 2.95. The summed E-state index contributed by atoms with van der Waals surface area (Å²) in [6.07, 6.45) is 11.7. The Labute approximate surface area is 122 Å². The molecular formula is C16H18N2OS. The van der Waals surface area contributed by atoms with Gasteiger partial charge in [0.25, 0.3) is 5.56 Å². The second kappa shape index (κ2) is 5.41. The summed E-state index contributed by atoms with van der Waals surface area (Å²) in [5, 5.41) is 0.833. The van der Waals surface area contributed by atoms with Gasteiger partial charge < -0.3 is 0 Å². The van der Waals surface area contributed by atoms with E-state index in [4.69, 9.17) is 11.4 Å². The van der Waals surface area contributed by atoms with E-state index in [0.717, 1.165) is 41.7 Å². The Morgan fingerprint density at radius 1 is 1.40 bits per heavy atom. The predicted molar refractivity (Wildman–Crippen MR) is 83.4 cm³/mol. The minimum absolute atomic E-state index is 0.0656. The maximum Gasteiger partial charge on any atom is 0.263 e. The number of rotatable bonds is 3. The highest BCUT2D eigenvalue weighted by molar-refractivity contribution is 7.18. The van der Waals surface area contributed by atoms with E-state index in [0.29, 0.717) is 6.54 Å². The number of hydrogen-bond acceptors (Lipinski definition) is 3. The van der Waals surface area contributed by atoms with E-state index in [1.807, 2.05) is 0 Å². The lowest BCUT2D eigenvalue weighted by Gasteiger charge is -2.11. The number of terminal acetylenes is 1. The Bertz CT molecular complexity index is 748. The molecule has 1 aliphatic carbocycles. The first-order valence-electron chi connectivity index (χ1n) is 7.23. The van der Waals surface area contributed by atoms with Crippen molar-refractivity contribution in [2.24, 2.45) is 0 Å². The van der Waals surface area contributed by atoms with Crippen molar-refractivity contribution >= 4 is 21.6 Å². The summed E-state index contributed by atoms with van der Waals surface area (Å²) in [7, 11) is 0. The second-order valence-electron chi connectivity index (χ2n) is 5.26. The molecule has 3 rings (SSSR count). The molecule has 0 fully saturated rings. The zero-order chi connectivity index (χ0) is 14.1. The Hall–Kier alpha value is -1.60. The van der Waals surface area contributed by atoms with Crippen LogP contribution in [0.2, 0.25) is 0 Å². The van der Waals surface area contributed by atoms with E-state index in [9.17, 15) is 4.79 Å². The Morgan fingerprint density at radius 2 is 2.20 bits per heavy atom. The van der Waals surface area contributed by atoms with E-state index in [1.165, 1.54) is 23.3 Å². The third-order valence-electron chi connectivity index (χ3n) is 3.88. The highest BCUT2D eigenvalue weighted by atomic mass is 32.1. The summed E-state index contributed by atoms with van der Waals surface area (Å²) < 4.78 is 1.69. The summed E-state index contributed by atoms with van der Waals surface area (Å²) in [5.74, 6) is 3.42. The molecule has 0 radical (unpaired) electrons. The number of aryl methyl sites for hydroxylation is 3. The first kappa shape index (κ1) is 13.4. The van der Waals surface area contributed by atoms with Gasteiger partial charge >= 0.3 is 0 Å². The average molecular weight is 286 g/mol. The topological polar surface area (TPSA) is 34.9 Å². The number of fused-ring (bicyclic) bond motifs is 3. The third kappa shape index (κ3) is 2.06. The lowest BCUT2D eigenvalue weighted by atomic mass is 9.97. The lowest BCUT2D eigenvalue weighted by Crippen LogP contribution is -2.25. The van der Waals surface area contributed by atoms with Crippen molar-refractivity contribution in [3.8, 4) is 12.3 Å². The van der Waals surface area contributed by atoms with Crippen molar-refractivity contribution in [3.05, 3.63) is 26.6 Å². The van der Waals surface area contributed by atoms with Crippen LogP contribution in [0, 0.1) is 12.3 Å². The monoisotopic (exact) mass is 286 g/mol. The van der Waals surface area contributed by atoms with Crippen LogP contribution in [0.4, 0.5) is 0 Å². The van der Waals surface area contributed by atoms with Crippen LogP contribution in [0.25, 0.3) is 10.2 Å². The molecule has 0 bridgehead atoms. The van der Waals surface area contributed by atoms with Crippen LogP contribution < -0.4 is 5.56 Å². The Balaban J connectivity index is 2.30. The van der Waals surface area contributed by atoms with E-state index >= 15 is 0 Å². The minimum atomic E-state index is 0.0656. The fourth-order valence-corrected chi connectivity index (χ4v) is 4.22. The van der Waals surface area contributed by atoms with Crippen molar-refractivity contribution in [1.29, 1.82) is 0 Å². The largest absolute Gasteiger partial charge is 0.284 e. The van der Waals surface area contributed by atoms with Gasteiger partial charge in [-0.1, -0.05) is 12.8 Å². The molecule has 20 heavy (non-hydrogen) atoms. The van der Waals surface area contributed by atoms with E-state index in [2.05, 4.69) is 12.8 Å². The molecule has 0 atom stereocenters. The quantitative estimate of drug-likeness (QED) is 0.813. The molecule has 0 spiro atoms. The van der Waals surface area contributed by atoms with E-state index in [-0.39, 0.29) is 5.56 Å². The molecule has 0 unspecified atom stereocenters. The van der Waals surface area contributed by atoms with Gasteiger partial charge in [-0.15, -0.1) is 17.8 Å². The molecule has 104 valence electrons. The van der Waals surface area contributed by atoms with Crippen LogP contribution in [-0.2, 0) is 25.8 Å². The van der Waals surface area contributed by atoms with E-state index < -0.39 is 0 Å². The van der Waals surface area contributed by atoms with Gasteiger partial charge in [-0.05, 0) is 37.7 Å². The fraction of sp³-hybridized carbons (Fsp3) is 0.500. The third-order valence-corrected chi connectivity index (χ3v) is 5.06. The number of hydrogen-bond donors (Lipinski definition) is 0. The summed E-state index contributed by atoms with van der Waals surface area (Å²) in [6, 6.07) is 0. The molecule has 0 aromatic carbocycles. The summed E-state index contributed by atoms with van der Waals surface area (Å²) in [6.45, 7) is 2.41. The lowest BCUT2D eigenvalue weighted by molar-refractivity contribution is 0.680. The van der Waals surface area contributed by atoms with Crippen LogP contribution in [0.15, 0.2) is 4.79 Å². The zero-order valence-electron chi connectivity index (χ0n) is 11.7. The average Bonchev–Trinajstić information content (AvgIpc) is 2.81. The molecule has 3 nitrogen and oxygen atoms in total. The van der Waals surface area contributed by atoms with Crippen molar-refractivity contribution in [3.63, 3.8) is 0 Å². The SMILES string of the molecule is C#CCn1c(CCC)nc2sc3c(c2c1=O)CCCC3. The molecular weight excluding hydrogens is 268 g/mol. The molecule has 2 heterocycles. The maximum absolute atomic E-state index is 12.8. The molecule has 0 saturated heterocycles. The minimum Gasteiger partial charge on any atom is -0.284 e. The molecule has 0 aliphatic heterocycles. The smallest absolute Gasteiger partial charge is 0.263 e. The number of thiophene rings is 1. The first-order valence-corrected chi connectivity index (χ1v) is 8.05. The van der Waals surface area contributed by atoms with Crippen LogP contribution in [-0.4, -0.2) is 9.55 Å². The van der Waals surface area contributed by atoms with Gasteiger partial charge in [0, 0.05) is 11.3 Å². The standard InChI is InChI=1S/C16H18N2OS/c1-3-7-13-17-15-14(16(19)18(13)10-4-2)11-8-5-6-9-12(11)20-15/h2H,3,5-10H2,1H3. The number of aromatic nitrogens is 2. The maximum atomic E-state index is 12.8. The molecule has 1 aliphatic rings. The molecule has 0 amide bonds. The van der Waals surface area contributed by atoms with Gasteiger partial charge in [-0.25, -0.2) is 4.98 Å². The normalized spacial score (nSPS) is 14.2. The van der Waals surface area contributed by atoms with Crippen LogP contribution in [0.5, 0.6) is 0 Å². The number of nitrogens with zero attached hydrogens (tertiary/aromatic N) is 2. The Morgan fingerprint density at radius 3 is 2.95 bits per heavy atom. The summed E-state index contributed by atoms with van der Waals surface area (Å²) >= 11 is 1.70. The van der Waals surface area contributed by atoms with Crippen molar-refractivity contribution in [2.75, 3.05) is 0 Å². The van der Waals surface area contributed by atoms with Crippen LogP contribution >= 0.6 is 11.3 Å². The van der Waals surface area contributed by atoms with Crippen LogP contribution in [0.1, 0.15) is 42.5 Å². The molecule has 4 heteroatoms. The summed E-state index contributed by atoms with van der Waals surface area (Å²) in [5.41, 5.74) is 1.30. The first-order chi connectivity index (χ1) is 9.76. The highest BCUT2D eigenvalue weighted by Gasteiger charge is 2.21. The Kier molecular flexibility index (Phi) is 3.62. The van der Waals surface area contributed by atoms with E-state index in [1.54, 1.807) is 15.9 Å². The molecule has 2 aromatic rings. The van der Waals surface area contributed by atoms with Gasteiger partial charge in [0.05, 0.1) is 11.9 Å². The van der Waals surface area contributed by atoms with Gasteiger partial charge in [0.1, 0.15) is 10.7 Å².